The second kappa shape index (κ2) is 10.0. The minimum absolute atomic E-state index is 0.0162. The van der Waals surface area contributed by atoms with Crippen molar-refractivity contribution in [1.29, 1.82) is 0 Å². The third kappa shape index (κ3) is 5.12. The number of rotatable bonds is 11. The largest absolute Gasteiger partial charge is 0.482 e. The summed E-state index contributed by atoms with van der Waals surface area (Å²) in [5.41, 5.74) is 2.52. The van der Waals surface area contributed by atoms with Gasteiger partial charge in [-0.3, -0.25) is 0 Å². The molecule has 0 amide bonds. The first kappa shape index (κ1) is 20.8. The van der Waals surface area contributed by atoms with E-state index in [9.17, 15) is 9.70 Å². The highest BCUT2D eigenvalue weighted by Crippen LogP contribution is 2.48. The summed E-state index contributed by atoms with van der Waals surface area (Å²) in [5.74, 6) is 1.80. The van der Waals surface area contributed by atoms with Crippen LogP contribution in [-0.2, 0) is 17.6 Å². The third-order valence-corrected chi connectivity index (χ3v) is 6.78. The molecule has 0 aromatic heterocycles. The van der Waals surface area contributed by atoms with E-state index in [1.165, 1.54) is 36.8 Å². The van der Waals surface area contributed by atoms with Crippen molar-refractivity contribution in [1.82, 2.24) is 0 Å². The molecule has 0 heterocycles. The predicted molar refractivity (Wildman–Crippen MR) is 110 cm³/mol. The van der Waals surface area contributed by atoms with E-state index in [-0.39, 0.29) is 12.6 Å². The first-order valence-corrected chi connectivity index (χ1v) is 10.9. The van der Waals surface area contributed by atoms with E-state index < -0.39 is 5.97 Å². The average Bonchev–Trinajstić information content (AvgIpc) is 3.09. The SMILES string of the molecule is CCCCCC(CCC1CCC2Cc3c(cccc3OCC(=O)O)CC12)N=O. The van der Waals surface area contributed by atoms with Crippen molar-refractivity contribution in [2.45, 2.75) is 77.2 Å². The first-order valence-electron chi connectivity index (χ1n) is 10.9. The molecule has 0 radical (unpaired) electrons. The van der Waals surface area contributed by atoms with Crippen molar-refractivity contribution < 1.29 is 14.6 Å². The molecule has 5 heteroatoms. The Balaban J connectivity index is 1.59. The molecule has 28 heavy (non-hydrogen) atoms. The number of aliphatic carboxylic acids is 1. The summed E-state index contributed by atoms with van der Waals surface area (Å²) in [5, 5.41) is 12.3. The highest BCUT2D eigenvalue weighted by atomic mass is 16.5. The van der Waals surface area contributed by atoms with Gasteiger partial charge in [0.05, 0.1) is 6.04 Å². The van der Waals surface area contributed by atoms with Gasteiger partial charge in [0.15, 0.2) is 6.61 Å². The van der Waals surface area contributed by atoms with Crippen LogP contribution in [0.3, 0.4) is 0 Å². The Morgan fingerprint density at radius 1 is 1.25 bits per heavy atom. The molecule has 0 aliphatic heterocycles. The van der Waals surface area contributed by atoms with Gasteiger partial charge in [-0.15, -0.1) is 0 Å². The maximum atomic E-state index is 11.2. The highest BCUT2D eigenvalue weighted by molar-refractivity contribution is 5.68. The van der Waals surface area contributed by atoms with Crippen molar-refractivity contribution in [2.75, 3.05) is 6.61 Å². The van der Waals surface area contributed by atoms with E-state index in [0.29, 0.717) is 17.8 Å². The van der Waals surface area contributed by atoms with Crippen molar-refractivity contribution in [3.8, 4) is 5.75 Å². The van der Waals surface area contributed by atoms with Gasteiger partial charge in [-0.1, -0.05) is 43.5 Å². The van der Waals surface area contributed by atoms with Crippen molar-refractivity contribution in [3.63, 3.8) is 0 Å². The molecule has 0 bridgehead atoms. The monoisotopic (exact) mass is 387 g/mol. The quantitative estimate of drug-likeness (QED) is 0.408. The Labute approximate surface area is 167 Å². The molecule has 3 rings (SSSR count). The van der Waals surface area contributed by atoms with Crippen molar-refractivity contribution in [2.24, 2.45) is 22.9 Å². The lowest BCUT2D eigenvalue weighted by Gasteiger charge is -2.32. The van der Waals surface area contributed by atoms with Gasteiger partial charge < -0.3 is 9.84 Å². The van der Waals surface area contributed by atoms with Gasteiger partial charge in [0.1, 0.15) is 5.75 Å². The number of benzene rings is 1. The van der Waals surface area contributed by atoms with Crippen LogP contribution >= 0.6 is 0 Å². The van der Waals surface area contributed by atoms with E-state index in [1.54, 1.807) is 0 Å². The van der Waals surface area contributed by atoms with Crippen molar-refractivity contribution in [3.05, 3.63) is 34.2 Å². The topological polar surface area (TPSA) is 76.0 Å². The zero-order chi connectivity index (χ0) is 19.9. The Kier molecular flexibility index (Phi) is 7.46. The second-order valence-electron chi connectivity index (χ2n) is 8.58. The van der Waals surface area contributed by atoms with Crippen LogP contribution in [0.25, 0.3) is 0 Å². The average molecular weight is 388 g/mol. The van der Waals surface area contributed by atoms with Gasteiger partial charge in [0, 0.05) is 0 Å². The lowest BCUT2D eigenvalue weighted by molar-refractivity contribution is -0.139. The molecule has 2 aliphatic rings. The normalized spacial score (nSPS) is 24.2. The van der Waals surface area contributed by atoms with Crippen LogP contribution in [0.5, 0.6) is 5.75 Å². The van der Waals surface area contributed by atoms with Crippen LogP contribution in [0.1, 0.15) is 69.4 Å². The van der Waals surface area contributed by atoms with Gasteiger partial charge >= 0.3 is 5.97 Å². The minimum atomic E-state index is -0.940. The molecule has 2 aliphatic carbocycles. The summed E-state index contributed by atoms with van der Waals surface area (Å²) in [6.07, 6.45) is 10.9. The number of ether oxygens (including phenoxy) is 1. The van der Waals surface area contributed by atoms with Crippen LogP contribution < -0.4 is 4.74 Å². The standard InChI is InChI=1S/C23H33NO4/c1-2-3-4-7-19(24-27)12-11-16-9-10-18-14-21-17(13-20(16)18)6-5-8-22(21)28-15-23(25)26/h5-6,8,16,18-20H,2-4,7,9-15H2,1H3,(H,25,26). The van der Waals surface area contributed by atoms with E-state index in [4.69, 9.17) is 9.84 Å². The Morgan fingerprint density at radius 3 is 2.86 bits per heavy atom. The van der Waals surface area contributed by atoms with Gasteiger partial charge in [-0.2, -0.15) is 4.91 Å². The number of fused-ring (bicyclic) bond motifs is 2. The van der Waals surface area contributed by atoms with Crippen LogP contribution in [0.15, 0.2) is 23.4 Å². The summed E-state index contributed by atoms with van der Waals surface area (Å²) in [6, 6.07) is 6.01. The van der Waals surface area contributed by atoms with Gasteiger partial charge in [-0.05, 0) is 79.9 Å². The number of hydrogen-bond donors (Lipinski definition) is 1. The van der Waals surface area contributed by atoms with Gasteiger partial charge in [0.25, 0.3) is 0 Å². The Hall–Kier alpha value is -1.91. The Bertz CT molecular complexity index is 675. The fraction of sp³-hybridized carbons (Fsp3) is 0.696. The minimum Gasteiger partial charge on any atom is -0.482 e. The summed E-state index contributed by atoms with van der Waals surface area (Å²) >= 11 is 0. The molecule has 154 valence electrons. The number of nitroso groups, excluding NO2 is 1. The van der Waals surface area contributed by atoms with E-state index in [0.717, 1.165) is 44.3 Å². The number of nitrogens with zero attached hydrogens (tertiary/aromatic N) is 1. The molecule has 1 saturated carbocycles. The zero-order valence-electron chi connectivity index (χ0n) is 16.9. The molecule has 1 N–H and O–H groups in total. The van der Waals surface area contributed by atoms with Crippen LogP contribution in [0.4, 0.5) is 0 Å². The molecule has 0 saturated heterocycles. The van der Waals surface area contributed by atoms with Crippen LogP contribution in [0, 0.1) is 22.7 Å². The fourth-order valence-corrected chi connectivity index (χ4v) is 5.30. The van der Waals surface area contributed by atoms with Gasteiger partial charge in [0.2, 0.25) is 0 Å². The second-order valence-corrected chi connectivity index (χ2v) is 8.58. The van der Waals surface area contributed by atoms with E-state index in [1.807, 2.05) is 12.1 Å². The third-order valence-electron chi connectivity index (χ3n) is 6.78. The lowest BCUT2D eigenvalue weighted by Crippen LogP contribution is -2.26. The summed E-state index contributed by atoms with van der Waals surface area (Å²) in [4.78, 5) is 22.0. The van der Waals surface area contributed by atoms with Gasteiger partial charge in [-0.25, -0.2) is 4.79 Å². The number of carbonyl (C=O) groups is 1. The predicted octanol–water partition coefficient (Wildman–Crippen LogP) is 5.39. The maximum Gasteiger partial charge on any atom is 0.341 e. The van der Waals surface area contributed by atoms with Crippen LogP contribution in [-0.4, -0.2) is 23.7 Å². The number of carboxylic acids is 1. The molecule has 1 fully saturated rings. The number of carboxylic acid groups (broad SMARTS) is 1. The van der Waals surface area contributed by atoms with Crippen molar-refractivity contribution >= 4 is 5.97 Å². The molecule has 0 spiro atoms. The summed E-state index contributed by atoms with van der Waals surface area (Å²) in [6.45, 7) is 1.90. The molecule has 4 atom stereocenters. The first-order chi connectivity index (χ1) is 13.6. The smallest absolute Gasteiger partial charge is 0.341 e. The van der Waals surface area contributed by atoms with Crippen LogP contribution in [0.2, 0.25) is 0 Å². The fourth-order valence-electron chi connectivity index (χ4n) is 5.30. The van der Waals surface area contributed by atoms with E-state index in [2.05, 4.69) is 18.2 Å². The molecule has 5 nitrogen and oxygen atoms in total. The molecular formula is C23H33NO4. The molecule has 4 unspecified atom stereocenters. The Morgan fingerprint density at radius 2 is 2.11 bits per heavy atom. The summed E-state index contributed by atoms with van der Waals surface area (Å²) < 4.78 is 5.53. The van der Waals surface area contributed by atoms with E-state index >= 15 is 0 Å². The lowest BCUT2D eigenvalue weighted by atomic mass is 9.73. The zero-order valence-corrected chi connectivity index (χ0v) is 16.9. The number of hydrogen-bond acceptors (Lipinski definition) is 4. The summed E-state index contributed by atoms with van der Waals surface area (Å²) in [7, 11) is 0. The maximum absolute atomic E-state index is 11.2. The molecule has 1 aromatic carbocycles. The number of unbranched alkanes of at least 4 members (excludes halogenated alkanes) is 2. The molecule has 1 aromatic rings. The molecular weight excluding hydrogens is 354 g/mol. The highest BCUT2D eigenvalue weighted by Gasteiger charge is 2.39.